The van der Waals surface area contributed by atoms with E-state index < -0.39 is 0 Å². The normalized spacial score (nSPS) is 25.6. The molecule has 94 valence electrons. The van der Waals surface area contributed by atoms with Crippen molar-refractivity contribution in [1.29, 1.82) is 0 Å². The third-order valence-corrected chi connectivity index (χ3v) is 2.91. The number of rotatable bonds is 4. The molecule has 0 bridgehead atoms. The second-order valence-corrected chi connectivity index (χ2v) is 3.92. The van der Waals surface area contributed by atoms with Crippen LogP contribution in [0.3, 0.4) is 0 Å². The Kier molecular flexibility index (Phi) is 5.55. The molecule has 5 heteroatoms. The first-order valence-electron chi connectivity index (χ1n) is 5.96. The zero-order valence-electron chi connectivity index (χ0n) is 10.1. The summed E-state index contributed by atoms with van der Waals surface area (Å²) in [5.74, 6) is 0.352. The van der Waals surface area contributed by atoms with E-state index in [0.717, 1.165) is 6.42 Å². The quantitative estimate of drug-likeness (QED) is 0.777. The summed E-state index contributed by atoms with van der Waals surface area (Å²) < 4.78 is 10.6. The van der Waals surface area contributed by atoms with E-state index >= 15 is 0 Å². The monoisotopic (exact) mass is 230 g/mol. The number of amides is 1. The highest BCUT2D eigenvalue weighted by molar-refractivity contribution is 5.67. The van der Waals surface area contributed by atoms with Gasteiger partial charge < -0.3 is 20.1 Å². The fourth-order valence-electron chi connectivity index (χ4n) is 2.02. The standard InChI is InChI=1S/C11H22N2O3/c1-3-15-10-8-13(11(14)16-4-2)6-5-9(10)7-12/h9-10H,3-8,12H2,1-2H3/t9-,10+/m1/s1. The SMILES string of the molecule is CCOC(=O)N1CC[C@H](CN)[C@@H](OCC)C1. The Hall–Kier alpha value is -0.810. The van der Waals surface area contributed by atoms with Gasteiger partial charge in [0.25, 0.3) is 0 Å². The van der Waals surface area contributed by atoms with E-state index in [-0.39, 0.29) is 12.2 Å². The minimum absolute atomic E-state index is 0.0492. The van der Waals surface area contributed by atoms with E-state index in [4.69, 9.17) is 15.2 Å². The van der Waals surface area contributed by atoms with E-state index in [0.29, 0.717) is 38.8 Å². The van der Waals surface area contributed by atoms with E-state index in [9.17, 15) is 4.79 Å². The van der Waals surface area contributed by atoms with Crippen molar-refractivity contribution in [3.05, 3.63) is 0 Å². The smallest absolute Gasteiger partial charge is 0.409 e. The summed E-state index contributed by atoms with van der Waals surface area (Å²) in [6.07, 6.45) is 0.691. The molecule has 1 aliphatic rings. The molecule has 0 radical (unpaired) electrons. The van der Waals surface area contributed by atoms with Crippen molar-refractivity contribution in [3.8, 4) is 0 Å². The van der Waals surface area contributed by atoms with Gasteiger partial charge in [0.05, 0.1) is 19.3 Å². The van der Waals surface area contributed by atoms with Gasteiger partial charge in [-0.05, 0) is 26.8 Å². The van der Waals surface area contributed by atoms with Crippen LogP contribution >= 0.6 is 0 Å². The lowest BCUT2D eigenvalue weighted by atomic mass is 9.94. The van der Waals surface area contributed by atoms with Crippen LogP contribution < -0.4 is 5.73 Å². The number of carbonyl (C=O) groups excluding carboxylic acids is 1. The van der Waals surface area contributed by atoms with Gasteiger partial charge in [0.2, 0.25) is 0 Å². The molecule has 0 aromatic carbocycles. The molecule has 1 aliphatic heterocycles. The maximum atomic E-state index is 11.6. The van der Waals surface area contributed by atoms with Crippen molar-refractivity contribution in [2.24, 2.45) is 11.7 Å². The Morgan fingerprint density at radius 2 is 2.19 bits per heavy atom. The van der Waals surface area contributed by atoms with Crippen LogP contribution in [-0.4, -0.2) is 49.9 Å². The largest absolute Gasteiger partial charge is 0.450 e. The Morgan fingerprint density at radius 1 is 1.44 bits per heavy atom. The second-order valence-electron chi connectivity index (χ2n) is 3.92. The van der Waals surface area contributed by atoms with Crippen molar-refractivity contribution in [3.63, 3.8) is 0 Å². The minimum atomic E-state index is -0.248. The molecule has 1 fully saturated rings. The molecule has 0 saturated carbocycles. The maximum Gasteiger partial charge on any atom is 0.409 e. The number of nitrogens with zero attached hydrogens (tertiary/aromatic N) is 1. The van der Waals surface area contributed by atoms with Crippen molar-refractivity contribution in [2.75, 3.05) is 32.8 Å². The zero-order chi connectivity index (χ0) is 12.0. The number of likely N-dealkylation sites (tertiary alicyclic amines) is 1. The lowest BCUT2D eigenvalue weighted by Crippen LogP contribution is -2.49. The molecular formula is C11H22N2O3. The molecule has 1 saturated heterocycles. The van der Waals surface area contributed by atoms with Crippen LogP contribution in [0.2, 0.25) is 0 Å². The summed E-state index contributed by atoms with van der Waals surface area (Å²) in [7, 11) is 0. The van der Waals surface area contributed by atoms with Crippen molar-refractivity contribution >= 4 is 6.09 Å². The van der Waals surface area contributed by atoms with Gasteiger partial charge in [0.15, 0.2) is 0 Å². The van der Waals surface area contributed by atoms with E-state index in [1.54, 1.807) is 4.90 Å². The molecule has 16 heavy (non-hydrogen) atoms. The lowest BCUT2D eigenvalue weighted by molar-refractivity contribution is -0.0284. The second kappa shape index (κ2) is 6.70. The lowest BCUT2D eigenvalue weighted by Gasteiger charge is -2.37. The molecular weight excluding hydrogens is 208 g/mol. The molecule has 0 aromatic heterocycles. The molecule has 5 nitrogen and oxygen atoms in total. The number of hydrogen-bond donors (Lipinski definition) is 1. The average Bonchev–Trinajstić information content (AvgIpc) is 2.29. The van der Waals surface area contributed by atoms with Gasteiger partial charge in [-0.25, -0.2) is 4.79 Å². The molecule has 1 rings (SSSR count). The van der Waals surface area contributed by atoms with Gasteiger partial charge in [-0.1, -0.05) is 0 Å². The summed E-state index contributed by atoms with van der Waals surface area (Å²) in [6, 6.07) is 0. The fourth-order valence-corrected chi connectivity index (χ4v) is 2.02. The molecule has 1 amide bonds. The van der Waals surface area contributed by atoms with E-state index in [1.807, 2.05) is 13.8 Å². The fraction of sp³-hybridized carbons (Fsp3) is 0.909. The van der Waals surface area contributed by atoms with Crippen molar-refractivity contribution in [2.45, 2.75) is 26.4 Å². The van der Waals surface area contributed by atoms with E-state index in [2.05, 4.69) is 0 Å². The highest BCUT2D eigenvalue weighted by Crippen LogP contribution is 2.20. The van der Waals surface area contributed by atoms with Crippen molar-refractivity contribution < 1.29 is 14.3 Å². The highest BCUT2D eigenvalue weighted by Gasteiger charge is 2.31. The van der Waals surface area contributed by atoms with Crippen LogP contribution in [0.4, 0.5) is 4.79 Å². The van der Waals surface area contributed by atoms with E-state index in [1.165, 1.54) is 0 Å². The number of hydrogen-bond acceptors (Lipinski definition) is 4. The summed E-state index contributed by atoms with van der Waals surface area (Å²) in [5, 5.41) is 0. The summed E-state index contributed by atoms with van der Waals surface area (Å²) in [6.45, 7) is 6.74. The molecule has 0 aliphatic carbocycles. The molecule has 0 unspecified atom stereocenters. The summed E-state index contributed by atoms with van der Waals surface area (Å²) in [5.41, 5.74) is 5.69. The third kappa shape index (κ3) is 3.35. The summed E-state index contributed by atoms with van der Waals surface area (Å²) in [4.78, 5) is 13.3. The third-order valence-electron chi connectivity index (χ3n) is 2.91. The number of piperidine rings is 1. The van der Waals surface area contributed by atoms with Gasteiger partial charge in [-0.3, -0.25) is 0 Å². The molecule has 1 heterocycles. The topological polar surface area (TPSA) is 64.8 Å². The Balaban J connectivity index is 2.50. The van der Waals surface area contributed by atoms with Gasteiger partial charge in [0.1, 0.15) is 0 Å². The molecule has 2 N–H and O–H groups in total. The maximum absolute atomic E-state index is 11.6. The Morgan fingerprint density at radius 3 is 2.75 bits per heavy atom. The zero-order valence-corrected chi connectivity index (χ0v) is 10.1. The molecule has 0 spiro atoms. The van der Waals surface area contributed by atoms with Gasteiger partial charge in [0, 0.05) is 19.1 Å². The van der Waals surface area contributed by atoms with Crippen molar-refractivity contribution in [1.82, 2.24) is 4.90 Å². The van der Waals surface area contributed by atoms with Gasteiger partial charge in [-0.15, -0.1) is 0 Å². The van der Waals surface area contributed by atoms with Crippen LogP contribution in [-0.2, 0) is 9.47 Å². The Labute approximate surface area is 96.9 Å². The molecule has 0 aromatic rings. The van der Waals surface area contributed by atoms with Crippen LogP contribution in [0.1, 0.15) is 20.3 Å². The van der Waals surface area contributed by atoms with Crippen LogP contribution in [0.5, 0.6) is 0 Å². The van der Waals surface area contributed by atoms with Crippen LogP contribution in [0.15, 0.2) is 0 Å². The first-order chi connectivity index (χ1) is 7.72. The summed E-state index contributed by atoms with van der Waals surface area (Å²) >= 11 is 0. The number of nitrogens with two attached hydrogens (primary N) is 1. The van der Waals surface area contributed by atoms with Crippen LogP contribution in [0, 0.1) is 5.92 Å². The first kappa shape index (κ1) is 13.3. The average molecular weight is 230 g/mol. The van der Waals surface area contributed by atoms with Crippen LogP contribution in [0.25, 0.3) is 0 Å². The minimum Gasteiger partial charge on any atom is -0.450 e. The molecule has 2 atom stereocenters. The predicted octanol–water partition coefficient (Wildman–Crippen LogP) is 0.829. The first-order valence-corrected chi connectivity index (χ1v) is 5.96. The predicted molar refractivity (Wildman–Crippen MR) is 61.2 cm³/mol. The van der Waals surface area contributed by atoms with Gasteiger partial charge >= 0.3 is 6.09 Å². The Bertz CT molecular complexity index is 223. The highest BCUT2D eigenvalue weighted by atomic mass is 16.6. The number of ether oxygens (including phenoxy) is 2. The number of carbonyl (C=O) groups is 1. The van der Waals surface area contributed by atoms with Gasteiger partial charge in [-0.2, -0.15) is 0 Å².